The lowest BCUT2D eigenvalue weighted by Crippen LogP contribution is -2.39. The second-order valence-electron chi connectivity index (χ2n) is 6.10. The Kier molecular flexibility index (Phi) is 4.54. The lowest BCUT2D eigenvalue weighted by molar-refractivity contribution is -0.0733. The summed E-state index contributed by atoms with van der Waals surface area (Å²) in [5.41, 5.74) is 0.533. The SMILES string of the molecule is Cc1cc(Cl)ccc1OC(C(O)C(C)(C)C)n1cncn1. The Morgan fingerprint density at radius 1 is 1.33 bits per heavy atom. The molecule has 1 N–H and O–H groups in total. The van der Waals surface area contributed by atoms with Crippen molar-refractivity contribution >= 4 is 11.6 Å². The van der Waals surface area contributed by atoms with Crippen LogP contribution in [0.5, 0.6) is 5.75 Å². The Balaban J connectivity index is 2.33. The number of hydrogen-bond donors (Lipinski definition) is 1. The van der Waals surface area contributed by atoms with E-state index in [4.69, 9.17) is 16.3 Å². The van der Waals surface area contributed by atoms with Crippen molar-refractivity contribution in [1.29, 1.82) is 0 Å². The van der Waals surface area contributed by atoms with Crippen molar-refractivity contribution in [1.82, 2.24) is 14.8 Å². The van der Waals surface area contributed by atoms with E-state index in [9.17, 15) is 5.11 Å². The number of rotatable bonds is 4. The summed E-state index contributed by atoms with van der Waals surface area (Å²) < 4.78 is 7.50. The fourth-order valence-electron chi connectivity index (χ4n) is 1.91. The molecule has 0 fully saturated rings. The molecule has 0 saturated carbocycles. The standard InChI is InChI=1S/C15H20ClN3O2/c1-10-7-11(16)5-6-12(10)21-14(13(20)15(2,3)4)19-9-17-8-18-19/h5-9,13-14,20H,1-4H3. The summed E-state index contributed by atoms with van der Waals surface area (Å²) in [7, 11) is 0. The van der Waals surface area contributed by atoms with Gasteiger partial charge in [-0.3, -0.25) is 0 Å². The Morgan fingerprint density at radius 3 is 2.57 bits per heavy atom. The highest BCUT2D eigenvalue weighted by Gasteiger charge is 2.34. The molecule has 5 nitrogen and oxygen atoms in total. The molecule has 2 unspecified atom stereocenters. The quantitative estimate of drug-likeness (QED) is 0.942. The van der Waals surface area contributed by atoms with Crippen molar-refractivity contribution in [3.05, 3.63) is 41.4 Å². The van der Waals surface area contributed by atoms with Crippen LogP contribution in [0.15, 0.2) is 30.9 Å². The van der Waals surface area contributed by atoms with Crippen molar-refractivity contribution in [2.24, 2.45) is 5.41 Å². The van der Waals surface area contributed by atoms with E-state index in [0.717, 1.165) is 5.56 Å². The van der Waals surface area contributed by atoms with E-state index in [1.165, 1.54) is 17.3 Å². The third-order valence-electron chi connectivity index (χ3n) is 3.24. The zero-order chi connectivity index (χ0) is 15.6. The summed E-state index contributed by atoms with van der Waals surface area (Å²) in [5.74, 6) is 0.656. The molecule has 21 heavy (non-hydrogen) atoms. The number of halogens is 1. The molecule has 1 aromatic heterocycles. The third-order valence-corrected chi connectivity index (χ3v) is 3.47. The van der Waals surface area contributed by atoms with Gasteiger partial charge in [0, 0.05) is 5.02 Å². The van der Waals surface area contributed by atoms with E-state index in [1.807, 2.05) is 33.8 Å². The van der Waals surface area contributed by atoms with Crippen LogP contribution < -0.4 is 4.74 Å². The van der Waals surface area contributed by atoms with Gasteiger partial charge < -0.3 is 9.84 Å². The molecule has 1 heterocycles. The van der Waals surface area contributed by atoms with Gasteiger partial charge in [-0.2, -0.15) is 5.10 Å². The fraction of sp³-hybridized carbons (Fsp3) is 0.467. The lowest BCUT2D eigenvalue weighted by atomic mass is 9.88. The molecule has 2 rings (SSSR count). The van der Waals surface area contributed by atoms with Crippen LogP contribution >= 0.6 is 11.6 Å². The maximum Gasteiger partial charge on any atom is 0.219 e. The smallest absolute Gasteiger partial charge is 0.219 e. The number of aryl methyl sites for hydroxylation is 1. The molecule has 0 aliphatic heterocycles. The van der Waals surface area contributed by atoms with Gasteiger partial charge in [0.15, 0.2) is 0 Å². The molecule has 0 bridgehead atoms. The van der Waals surface area contributed by atoms with E-state index in [2.05, 4.69) is 10.1 Å². The molecule has 0 aliphatic rings. The highest BCUT2D eigenvalue weighted by atomic mass is 35.5. The van der Waals surface area contributed by atoms with E-state index < -0.39 is 12.3 Å². The summed E-state index contributed by atoms with van der Waals surface area (Å²) in [6.45, 7) is 7.74. The number of ether oxygens (including phenoxy) is 1. The van der Waals surface area contributed by atoms with Crippen LogP contribution in [0.4, 0.5) is 0 Å². The zero-order valence-electron chi connectivity index (χ0n) is 12.6. The highest BCUT2D eigenvalue weighted by molar-refractivity contribution is 6.30. The van der Waals surface area contributed by atoms with Gasteiger partial charge in [-0.25, -0.2) is 9.67 Å². The maximum atomic E-state index is 10.6. The highest BCUT2D eigenvalue weighted by Crippen LogP contribution is 2.32. The molecule has 1 aromatic carbocycles. The summed E-state index contributed by atoms with van der Waals surface area (Å²) in [6, 6.07) is 5.36. The first kappa shape index (κ1) is 15.8. The fourth-order valence-corrected chi connectivity index (χ4v) is 2.14. The molecule has 2 aromatic rings. The van der Waals surface area contributed by atoms with Gasteiger partial charge in [-0.05, 0) is 36.1 Å². The molecule has 114 valence electrons. The van der Waals surface area contributed by atoms with Gasteiger partial charge in [0.25, 0.3) is 0 Å². The minimum Gasteiger partial charge on any atom is -0.466 e. The topological polar surface area (TPSA) is 60.2 Å². The first-order chi connectivity index (χ1) is 9.79. The van der Waals surface area contributed by atoms with Crippen LogP contribution in [0.2, 0.25) is 5.02 Å². The van der Waals surface area contributed by atoms with Crippen molar-refractivity contribution in [3.63, 3.8) is 0 Å². The van der Waals surface area contributed by atoms with Gasteiger partial charge in [0.1, 0.15) is 24.5 Å². The van der Waals surface area contributed by atoms with E-state index in [1.54, 1.807) is 12.1 Å². The van der Waals surface area contributed by atoms with Crippen LogP contribution in [0.25, 0.3) is 0 Å². The van der Waals surface area contributed by atoms with Crippen LogP contribution in [0.1, 0.15) is 32.6 Å². The first-order valence-corrected chi connectivity index (χ1v) is 7.12. The third kappa shape index (κ3) is 3.74. The monoisotopic (exact) mass is 309 g/mol. The molecule has 0 spiro atoms. The molecule has 2 atom stereocenters. The van der Waals surface area contributed by atoms with Crippen molar-refractivity contribution in [2.45, 2.75) is 40.0 Å². The van der Waals surface area contributed by atoms with Crippen molar-refractivity contribution in [2.75, 3.05) is 0 Å². The Labute approximate surface area is 129 Å². The molecule has 0 aliphatic carbocycles. The minimum absolute atomic E-state index is 0.364. The van der Waals surface area contributed by atoms with Crippen molar-refractivity contribution < 1.29 is 9.84 Å². The molecule has 0 saturated heterocycles. The van der Waals surface area contributed by atoms with Crippen LogP contribution in [0.3, 0.4) is 0 Å². The molecule has 0 radical (unpaired) electrons. The number of aromatic nitrogens is 3. The second-order valence-corrected chi connectivity index (χ2v) is 6.54. The van der Waals surface area contributed by atoms with E-state index >= 15 is 0 Å². The number of aliphatic hydroxyl groups excluding tert-OH is 1. The molecule has 6 heteroatoms. The van der Waals surface area contributed by atoms with Gasteiger partial charge in [-0.1, -0.05) is 32.4 Å². The summed E-state index contributed by atoms with van der Waals surface area (Å²) in [6.07, 6.45) is 1.53. The minimum atomic E-state index is -0.755. The maximum absolute atomic E-state index is 10.6. The van der Waals surface area contributed by atoms with Gasteiger partial charge in [0.05, 0.1) is 0 Å². The summed E-state index contributed by atoms with van der Waals surface area (Å²) >= 11 is 5.96. The number of benzene rings is 1. The van der Waals surface area contributed by atoms with Gasteiger partial charge >= 0.3 is 0 Å². The van der Waals surface area contributed by atoms with Crippen LogP contribution in [0, 0.1) is 12.3 Å². The number of hydrogen-bond acceptors (Lipinski definition) is 4. The Morgan fingerprint density at radius 2 is 2.05 bits per heavy atom. The second kappa shape index (κ2) is 6.03. The normalized spacial score (nSPS) is 14.8. The predicted molar refractivity (Wildman–Crippen MR) is 81.3 cm³/mol. The molecule has 0 amide bonds. The lowest BCUT2D eigenvalue weighted by Gasteiger charge is -2.33. The number of nitrogens with zero attached hydrogens (tertiary/aromatic N) is 3. The zero-order valence-corrected chi connectivity index (χ0v) is 13.4. The average molecular weight is 310 g/mol. The van der Waals surface area contributed by atoms with Crippen LogP contribution in [-0.4, -0.2) is 26.0 Å². The predicted octanol–water partition coefficient (Wildman–Crippen LogP) is 3.22. The number of aliphatic hydroxyl groups is 1. The van der Waals surface area contributed by atoms with Gasteiger partial charge in [0.2, 0.25) is 6.23 Å². The molecular formula is C15H20ClN3O2. The van der Waals surface area contributed by atoms with E-state index in [-0.39, 0.29) is 5.41 Å². The Bertz CT molecular complexity index is 593. The molecular weight excluding hydrogens is 290 g/mol. The first-order valence-electron chi connectivity index (χ1n) is 6.74. The largest absolute Gasteiger partial charge is 0.466 e. The summed E-state index contributed by atoms with van der Waals surface area (Å²) in [5, 5.41) is 15.3. The van der Waals surface area contributed by atoms with Gasteiger partial charge in [-0.15, -0.1) is 0 Å². The Hall–Kier alpha value is -1.59. The van der Waals surface area contributed by atoms with E-state index in [0.29, 0.717) is 10.8 Å². The van der Waals surface area contributed by atoms with Crippen molar-refractivity contribution in [3.8, 4) is 5.75 Å². The average Bonchev–Trinajstić information content (AvgIpc) is 2.90. The summed E-state index contributed by atoms with van der Waals surface area (Å²) in [4.78, 5) is 3.93. The van der Waals surface area contributed by atoms with Crippen LogP contribution in [-0.2, 0) is 0 Å².